The van der Waals surface area contributed by atoms with Crippen molar-refractivity contribution in [1.82, 2.24) is 5.32 Å². The molecule has 2 atom stereocenters. The van der Waals surface area contributed by atoms with Crippen molar-refractivity contribution in [1.29, 1.82) is 0 Å². The fourth-order valence-corrected chi connectivity index (χ4v) is 1.92. The van der Waals surface area contributed by atoms with Crippen molar-refractivity contribution in [3.8, 4) is 0 Å². The normalized spacial score (nSPS) is 25.3. The lowest BCUT2D eigenvalue weighted by Gasteiger charge is -2.36. The van der Waals surface area contributed by atoms with Gasteiger partial charge in [0.25, 0.3) is 0 Å². The van der Waals surface area contributed by atoms with Crippen LogP contribution in [-0.4, -0.2) is 18.6 Å². The number of carbonyl (C=O) groups excluding carboxylic acids is 1. The third-order valence-corrected chi connectivity index (χ3v) is 3.76. The number of hydrogen-bond acceptors (Lipinski definition) is 2. The quantitative estimate of drug-likeness (QED) is 0.837. The van der Waals surface area contributed by atoms with Crippen molar-refractivity contribution >= 4 is 5.91 Å². The van der Waals surface area contributed by atoms with E-state index in [1.54, 1.807) is 7.11 Å². The van der Waals surface area contributed by atoms with E-state index in [0.717, 1.165) is 12.2 Å². The number of nitrogens with one attached hydrogen (secondary N) is 1. The number of ether oxygens (including phenoxy) is 1. The number of allylic oxidation sites excluding steroid dienone is 2. The summed E-state index contributed by atoms with van der Waals surface area (Å²) >= 11 is 0. The van der Waals surface area contributed by atoms with Gasteiger partial charge in [-0.15, -0.1) is 0 Å². The van der Waals surface area contributed by atoms with E-state index in [4.69, 9.17) is 4.74 Å². The summed E-state index contributed by atoms with van der Waals surface area (Å²) in [6.45, 7) is 10.2. The Kier molecular flexibility index (Phi) is 4.25. The van der Waals surface area contributed by atoms with Crippen molar-refractivity contribution in [2.45, 2.75) is 46.6 Å². The van der Waals surface area contributed by atoms with Crippen LogP contribution in [0.5, 0.6) is 0 Å². The topological polar surface area (TPSA) is 38.3 Å². The highest BCUT2D eigenvalue weighted by Crippen LogP contribution is 2.29. The number of amides is 1. The molecule has 0 heterocycles. The van der Waals surface area contributed by atoms with Crippen LogP contribution in [0.2, 0.25) is 0 Å². The minimum atomic E-state index is -0.430. The second-order valence-electron chi connectivity index (χ2n) is 6.28. The second-order valence-corrected chi connectivity index (χ2v) is 6.28. The van der Waals surface area contributed by atoms with E-state index in [1.807, 2.05) is 32.1 Å². The van der Waals surface area contributed by atoms with Gasteiger partial charge in [-0.2, -0.15) is 0 Å². The van der Waals surface area contributed by atoms with Crippen LogP contribution in [0.3, 0.4) is 0 Å². The summed E-state index contributed by atoms with van der Waals surface area (Å²) in [5, 5.41) is 3.12. The average Bonchev–Trinajstić information content (AvgIpc) is 2.26. The first-order valence-electron chi connectivity index (χ1n) is 6.44. The highest BCUT2D eigenvalue weighted by molar-refractivity contribution is 5.80. The van der Waals surface area contributed by atoms with Crippen LogP contribution < -0.4 is 5.32 Å². The number of carbonyl (C=O) groups is 1. The Hall–Kier alpha value is -1.25. The zero-order valence-electron chi connectivity index (χ0n) is 12.3. The number of methoxy groups -OCH3 is 1. The monoisotopic (exact) mass is 251 g/mol. The summed E-state index contributed by atoms with van der Waals surface area (Å²) in [5.41, 5.74) is -0.470. The van der Waals surface area contributed by atoms with Crippen LogP contribution in [0.15, 0.2) is 24.0 Å². The summed E-state index contributed by atoms with van der Waals surface area (Å²) in [5.74, 6) is 0.834. The van der Waals surface area contributed by atoms with Gasteiger partial charge in [0.2, 0.25) is 5.91 Å². The van der Waals surface area contributed by atoms with Gasteiger partial charge in [-0.05, 0) is 24.8 Å². The third-order valence-electron chi connectivity index (χ3n) is 3.76. The van der Waals surface area contributed by atoms with Gasteiger partial charge < -0.3 is 10.1 Å². The predicted octanol–water partition coefficient (Wildman–Crippen LogP) is 3.03. The molecule has 0 saturated heterocycles. The van der Waals surface area contributed by atoms with Crippen molar-refractivity contribution < 1.29 is 9.53 Å². The van der Waals surface area contributed by atoms with Crippen molar-refractivity contribution in [3.05, 3.63) is 24.0 Å². The molecule has 18 heavy (non-hydrogen) atoms. The van der Waals surface area contributed by atoms with Gasteiger partial charge in [-0.3, -0.25) is 4.79 Å². The maximum atomic E-state index is 12.3. The molecule has 0 aromatic heterocycles. The maximum absolute atomic E-state index is 12.3. The zero-order chi connectivity index (χ0) is 14.0. The molecule has 102 valence electrons. The molecule has 0 aliphatic heterocycles. The Balaban J connectivity index is 2.81. The molecule has 0 fully saturated rings. The van der Waals surface area contributed by atoms with Gasteiger partial charge >= 0.3 is 0 Å². The highest BCUT2D eigenvalue weighted by Gasteiger charge is 2.36. The van der Waals surface area contributed by atoms with Crippen LogP contribution in [-0.2, 0) is 9.53 Å². The summed E-state index contributed by atoms with van der Waals surface area (Å²) in [6.07, 6.45) is 6.67. The Labute approximate surface area is 110 Å². The summed E-state index contributed by atoms with van der Waals surface area (Å²) in [6, 6.07) is 0. The standard InChI is InChI=1S/C15H25NO2/c1-11(14(2,3)4)13(17)16-15(5)10-8-7-9-12(15)18-6/h7-9,11H,10H2,1-6H3,(H,16,17). The van der Waals surface area contributed by atoms with Gasteiger partial charge in [0.1, 0.15) is 5.76 Å². The molecule has 3 heteroatoms. The smallest absolute Gasteiger partial charge is 0.224 e. The molecule has 1 N–H and O–H groups in total. The summed E-state index contributed by atoms with van der Waals surface area (Å²) in [7, 11) is 1.64. The van der Waals surface area contributed by atoms with Crippen LogP contribution in [0.1, 0.15) is 41.0 Å². The molecule has 3 nitrogen and oxygen atoms in total. The fourth-order valence-electron chi connectivity index (χ4n) is 1.92. The first-order chi connectivity index (χ1) is 8.20. The highest BCUT2D eigenvalue weighted by atomic mass is 16.5. The number of rotatable bonds is 3. The van der Waals surface area contributed by atoms with E-state index in [-0.39, 0.29) is 17.2 Å². The van der Waals surface area contributed by atoms with Gasteiger partial charge in [-0.1, -0.05) is 39.8 Å². The molecule has 2 unspecified atom stereocenters. The summed E-state index contributed by atoms with van der Waals surface area (Å²) < 4.78 is 5.37. The molecule has 0 spiro atoms. The lowest BCUT2D eigenvalue weighted by Crippen LogP contribution is -2.51. The molecule has 0 aromatic carbocycles. The predicted molar refractivity (Wildman–Crippen MR) is 74.0 cm³/mol. The minimum Gasteiger partial charge on any atom is -0.499 e. The molecular formula is C15H25NO2. The maximum Gasteiger partial charge on any atom is 0.224 e. The Morgan fingerprint density at radius 2 is 2.11 bits per heavy atom. The lowest BCUT2D eigenvalue weighted by molar-refractivity contribution is -0.129. The molecule has 0 bridgehead atoms. The Morgan fingerprint density at radius 3 is 2.61 bits per heavy atom. The van der Waals surface area contributed by atoms with Gasteiger partial charge in [0.15, 0.2) is 0 Å². The van der Waals surface area contributed by atoms with Crippen molar-refractivity contribution in [2.75, 3.05) is 7.11 Å². The van der Waals surface area contributed by atoms with E-state index in [9.17, 15) is 4.79 Å². The molecule has 0 radical (unpaired) electrons. The molecule has 1 aliphatic rings. The number of hydrogen-bond donors (Lipinski definition) is 1. The first-order valence-corrected chi connectivity index (χ1v) is 6.44. The average molecular weight is 251 g/mol. The molecular weight excluding hydrogens is 226 g/mol. The van der Waals surface area contributed by atoms with Gasteiger partial charge in [-0.25, -0.2) is 0 Å². The molecule has 1 amide bonds. The molecule has 1 rings (SSSR count). The van der Waals surface area contributed by atoms with E-state index < -0.39 is 5.54 Å². The van der Waals surface area contributed by atoms with Gasteiger partial charge in [0, 0.05) is 5.92 Å². The van der Waals surface area contributed by atoms with Crippen molar-refractivity contribution in [2.24, 2.45) is 11.3 Å². The fraction of sp³-hybridized carbons (Fsp3) is 0.667. The zero-order valence-corrected chi connectivity index (χ0v) is 12.3. The first kappa shape index (κ1) is 14.8. The minimum absolute atomic E-state index is 0.0398. The van der Waals surface area contributed by atoms with Gasteiger partial charge in [0.05, 0.1) is 12.6 Å². The van der Waals surface area contributed by atoms with Crippen LogP contribution in [0.4, 0.5) is 0 Å². The molecule has 0 saturated carbocycles. The molecule has 0 aromatic rings. The Morgan fingerprint density at radius 1 is 1.50 bits per heavy atom. The summed E-state index contributed by atoms with van der Waals surface area (Å²) in [4.78, 5) is 12.3. The van der Waals surface area contributed by atoms with E-state index in [1.165, 1.54) is 0 Å². The molecule has 1 aliphatic carbocycles. The van der Waals surface area contributed by atoms with E-state index >= 15 is 0 Å². The SMILES string of the molecule is COC1=CC=CCC1(C)NC(=O)C(C)C(C)(C)C. The van der Waals surface area contributed by atoms with Crippen LogP contribution in [0.25, 0.3) is 0 Å². The Bertz CT molecular complexity index is 376. The second kappa shape index (κ2) is 5.17. The third kappa shape index (κ3) is 3.15. The van der Waals surface area contributed by atoms with Crippen molar-refractivity contribution in [3.63, 3.8) is 0 Å². The largest absolute Gasteiger partial charge is 0.499 e. The van der Waals surface area contributed by atoms with E-state index in [0.29, 0.717) is 0 Å². The van der Waals surface area contributed by atoms with E-state index in [2.05, 4.69) is 26.1 Å². The lowest BCUT2D eigenvalue weighted by atomic mass is 9.80. The van der Waals surface area contributed by atoms with Crippen LogP contribution >= 0.6 is 0 Å². The van der Waals surface area contributed by atoms with Crippen LogP contribution in [0, 0.1) is 11.3 Å².